The zero-order chi connectivity index (χ0) is 17.1. The van der Waals surface area contributed by atoms with Crippen molar-refractivity contribution >= 4 is 29.0 Å². The third kappa shape index (κ3) is 3.10. The van der Waals surface area contributed by atoms with Gasteiger partial charge in [0.15, 0.2) is 5.96 Å². The van der Waals surface area contributed by atoms with Crippen molar-refractivity contribution in [2.45, 2.75) is 13.8 Å². The number of pyridine rings is 1. The molecule has 1 heterocycles. The van der Waals surface area contributed by atoms with Gasteiger partial charge in [-0.3, -0.25) is 15.5 Å². The maximum atomic E-state index is 10.5. The van der Waals surface area contributed by atoms with Crippen LogP contribution in [0.5, 0.6) is 0 Å². The topological polar surface area (TPSA) is 77.9 Å². The van der Waals surface area contributed by atoms with Gasteiger partial charge in [0.1, 0.15) is 0 Å². The Balaban J connectivity index is 2.13. The summed E-state index contributed by atoms with van der Waals surface area (Å²) in [7, 11) is 0. The van der Waals surface area contributed by atoms with Crippen molar-refractivity contribution < 1.29 is 4.79 Å². The Morgan fingerprint density at radius 1 is 1.08 bits per heavy atom. The van der Waals surface area contributed by atoms with Gasteiger partial charge in [-0.05, 0) is 43.2 Å². The zero-order valence-corrected chi connectivity index (χ0v) is 13.6. The number of rotatable bonds is 3. The second kappa shape index (κ2) is 6.50. The summed E-state index contributed by atoms with van der Waals surface area (Å²) in [5.74, 6) is -0.0765. The number of guanidine groups is 1. The van der Waals surface area contributed by atoms with Crippen LogP contribution >= 0.6 is 0 Å². The first-order valence-electron chi connectivity index (χ1n) is 7.61. The number of hydrogen-bond acceptors (Lipinski definition) is 3. The van der Waals surface area contributed by atoms with Gasteiger partial charge in [-0.1, -0.05) is 30.3 Å². The van der Waals surface area contributed by atoms with Crippen molar-refractivity contribution in [2.75, 3.05) is 5.32 Å². The normalized spacial score (nSPS) is 10.4. The van der Waals surface area contributed by atoms with Gasteiger partial charge in [-0.2, -0.15) is 0 Å². The van der Waals surface area contributed by atoms with Crippen molar-refractivity contribution in [3.05, 3.63) is 59.7 Å². The molecule has 0 unspecified atom stereocenters. The van der Waals surface area contributed by atoms with Gasteiger partial charge >= 0.3 is 0 Å². The van der Waals surface area contributed by atoms with E-state index >= 15 is 0 Å². The van der Waals surface area contributed by atoms with E-state index in [4.69, 9.17) is 10.4 Å². The number of fused-ring (bicyclic) bond motifs is 1. The number of anilines is 1. The summed E-state index contributed by atoms with van der Waals surface area (Å²) in [4.78, 5) is 15.3. The Hall–Kier alpha value is -3.21. The van der Waals surface area contributed by atoms with Crippen LogP contribution in [0.4, 0.5) is 5.69 Å². The Labute approximate surface area is 140 Å². The largest absolute Gasteiger partial charge is 0.325 e. The van der Waals surface area contributed by atoms with Gasteiger partial charge in [0, 0.05) is 10.9 Å². The molecule has 0 aliphatic heterocycles. The highest BCUT2D eigenvalue weighted by Gasteiger charge is 2.09. The van der Waals surface area contributed by atoms with Crippen LogP contribution in [-0.4, -0.2) is 17.4 Å². The number of nitrogens with one attached hydrogen (secondary N) is 3. The molecule has 0 fully saturated rings. The smallest absolute Gasteiger partial charge is 0.213 e. The lowest BCUT2D eigenvalue weighted by molar-refractivity contribution is -0.108. The fraction of sp³-hybridized carbons (Fsp3) is 0.105. The average molecular weight is 318 g/mol. The molecular formula is C19H18N4O. The monoisotopic (exact) mass is 318 g/mol. The van der Waals surface area contributed by atoms with Gasteiger partial charge in [0.25, 0.3) is 0 Å². The highest BCUT2D eigenvalue weighted by molar-refractivity contribution is 6.04. The lowest BCUT2D eigenvalue weighted by Crippen LogP contribution is -2.28. The molecule has 0 radical (unpaired) electrons. The Bertz CT molecular complexity index is 934. The number of hydrogen-bond donors (Lipinski definition) is 3. The van der Waals surface area contributed by atoms with Crippen molar-refractivity contribution in [1.82, 2.24) is 10.3 Å². The van der Waals surface area contributed by atoms with Crippen LogP contribution in [0, 0.1) is 19.3 Å². The SMILES string of the molecule is Cc1ccc(-c2cc(NC(=N)NC=O)c3ccccc3n2)cc1C. The van der Waals surface area contributed by atoms with E-state index < -0.39 is 0 Å². The Morgan fingerprint density at radius 3 is 2.62 bits per heavy atom. The molecule has 0 bridgehead atoms. The maximum Gasteiger partial charge on any atom is 0.213 e. The van der Waals surface area contributed by atoms with Crippen molar-refractivity contribution in [2.24, 2.45) is 0 Å². The molecule has 120 valence electrons. The Kier molecular flexibility index (Phi) is 4.24. The molecule has 0 aliphatic rings. The highest BCUT2D eigenvalue weighted by atomic mass is 16.1. The van der Waals surface area contributed by atoms with Gasteiger partial charge in [-0.25, -0.2) is 4.98 Å². The average Bonchev–Trinajstić information content (AvgIpc) is 2.57. The third-order valence-electron chi connectivity index (χ3n) is 3.98. The van der Waals surface area contributed by atoms with E-state index in [1.807, 2.05) is 36.4 Å². The third-order valence-corrected chi connectivity index (χ3v) is 3.98. The molecule has 3 aromatic rings. The summed E-state index contributed by atoms with van der Waals surface area (Å²) in [5, 5.41) is 13.9. The summed E-state index contributed by atoms with van der Waals surface area (Å²) < 4.78 is 0. The van der Waals surface area contributed by atoms with Crippen molar-refractivity contribution in [3.8, 4) is 11.3 Å². The molecule has 3 N–H and O–H groups in total. The molecule has 2 aromatic carbocycles. The maximum absolute atomic E-state index is 10.5. The molecular weight excluding hydrogens is 300 g/mol. The van der Waals surface area contributed by atoms with E-state index in [-0.39, 0.29) is 5.96 Å². The van der Waals surface area contributed by atoms with Crippen LogP contribution in [0.1, 0.15) is 11.1 Å². The van der Waals surface area contributed by atoms with E-state index in [1.165, 1.54) is 11.1 Å². The molecule has 0 spiro atoms. The number of nitrogens with zero attached hydrogens (tertiary/aromatic N) is 1. The van der Waals surface area contributed by atoms with Crippen molar-refractivity contribution in [1.29, 1.82) is 5.41 Å². The predicted molar refractivity (Wildman–Crippen MR) is 97.2 cm³/mol. The predicted octanol–water partition coefficient (Wildman–Crippen LogP) is 3.61. The number of carbonyl (C=O) groups is 1. The van der Waals surface area contributed by atoms with Crippen LogP contribution in [0.3, 0.4) is 0 Å². The molecule has 0 saturated carbocycles. The molecule has 5 heteroatoms. The molecule has 3 rings (SSSR count). The fourth-order valence-electron chi connectivity index (χ4n) is 2.56. The lowest BCUT2D eigenvalue weighted by atomic mass is 10.0. The first-order chi connectivity index (χ1) is 11.6. The van der Waals surface area contributed by atoms with E-state index in [0.717, 1.165) is 27.8 Å². The van der Waals surface area contributed by atoms with Gasteiger partial charge < -0.3 is 5.32 Å². The van der Waals surface area contributed by atoms with Crippen LogP contribution in [0.25, 0.3) is 22.2 Å². The summed E-state index contributed by atoms with van der Waals surface area (Å²) in [5.41, 5.74) is 5.82. The van der Waals surface area contributed by atoms with Gasteiger partial charge in [0.05, 0.1) is 16.9 Å². The molecule has 0 aliphatic carbocycles. The quantitative estimate of drug-likeness (QED) is 0.392. The number of benzene rings is 2. The minimum atomic E-state index is -0.0765. The summed E-state index contributed by atoms with van der Waals surface area (Å²) >= 11 is 0. The van der Waals surface area contributed by atoms with E-state index in [2.05, 4.69) is 36.6 Å². The van der Waals surface area contributed by atoms with Gasteiger partial charge in [0.2, 0.25) is 6.41 Å². The molecule has 1 amide bonds. The second-order valence-electron chi connectivity index (χ2n) is 5.63. The molecule has 5 nitrogen and oxygen atoms in total. The van der Waals surface area contributed by atoms with E-state index in [0.29, 0.717) is 6.41 Å². The number of aromatic nitrogens is 1. The summed E-state index contributed by atoms with van der Waals surface area (Å²) in [6.45, 7) is 4.15. The van der Waals surface area contributed by atoms with Crippen LogP contribution in [0.15, 0.2) is 48.5 Å². The zero-order valence-electron chi connectivity index (χ0n) is 13.6. The Morgan fingerprint density at radius 2 is 1.88 bits per heavy atom. The van der Waals surface area contributed by atoms with E-state index in [1.54, 1.807) is 0 Å². The van der Waals surface area contributed by atoms with Gasteiger partial charge in [-0.15, -0.1) is 0 Å². The molecule has 0 atom stereocenters. The first-order valence-corrected chi connectivity index (χ1v) is 7.61. The van der Waals surface area contributed by atoms with Crippen LogP contribution in [0.2, 0.25) is 0 Å². The number of carbonyl (C=O) groups excluding carboxylic acids is 1. The molecule has 1 aromatic heterocycles. The van der Waals surface area contributed by atoms with Crippen LogP contribution < -0.4 is 10.6 Å². The number of amides is 1. The van der Waals surface area contributed by atoms with Crippen LogP contribution in [-0.2, 0) is 4.79 Å². The molecule has 24 heavy (non-hydrogen) atoms. The second-order valence-corrected chi connectivity index (χ2v) is 5.63. The first kappa shape index (κ1) is 15.7. The molecule has 0 saturated heterocycles. The summed E-state index contributed by atoms with van der Waals surface area (Å²) in [6, 6.07) is 15.8. The van der Waals surface area contributed by atoms with E-state index in [9.17, 15) is 4.79 Å². The number of aryl methyl sites for hydroxylation is 2. The lowest BCUT2D eigenvalue weighted by Gasteiger charge is -2.13. The minimum Gasteiger partial charge on any atom is -0.325 e. The fourth-order valence-corrected chi connectivity index (χ4v) is 2.56. The highest BCUT2D eigenvalue weighted by Crippen LogP contribution is 2.29. The standard InChI is InChI=1S/C19H18N4O/c1-12-7-8-14(9-13(12)2)17-10-18(23-19(20)21-11-24)15-5-3-4-6-16(15)22-17/h3-11H,1-2H3,(H3,20,21,22,23,24). The summed E-state index contributed by atoms with van der Waals surface area (Å²) in [6.07, 6.45) is 0.475. The van der Waals surface area contributed by atoms with Crippen molar-refractivity contribution in [3.63, 3.8) is 0 Å². The minimum absolute atomic E-state index is 0.0765. The number of para-hydroxylation sites is 1.